The van der Waals surface area contributed by atoms with Crippen molar-refractivity contribution < 1.29 is 9.15 Å². The maximum Gasteiger partial charge on any atom is 0.165 e. The minimum Gasteiger partial charge on any atom is -0.464 e. The highest BCUT2D eigenvalue weighted by atomic mass is 16.5. The van der Waals surface area contributed by atoms with Crippen molar-refractivity contribution in [3.63, 3.8) is 0 Å². The zero-order chi connectivity index (χ0) is 15.4. The second-order valence-electron chi connectivity index (χ2n) is 5.54. The Kier molecular flexibility index (Phi) is 4.84. The Morgan fingerprint density at radius 1 is 1.32 bits per heavy atom. The van der Waals surface area contributed by atoms with Gasteiger partial charge in [0.25, 0.3) is 0 Å². The smallest absolute Gasteiger partial charge is 0.165 e. The highest BCUT2D eigenvalue weighted by molar-refractivity contribution is 5.12. The molecule has 1 saturated heterocycles. The number of nitrogens with zero attached hydrogens (tertiary/aromatic N) is 5. The van der Waals surface area contributed by atoms with Gasteiger partial charge in [0.1, 0.15) is 11.5 Å². The first-order valence-electron chi connectivity index (χ1n) is 7.97. The van der Waals surface area contributed by atoms with Gasteiger partial charge in [-0.2, -0.15) is 0 Å². The molecule has 0 amide bonds. The van der Waals surface area contributed by atoms with E-state index in [9.17, 15) is 0 Å². The van der Waals surface area contributed by atoms with Crippen molar-refractivity contribution in [1.29, 1.82) is 0 Å². The second kappa shape index (κ2) is 7.02. The van der Waals surface area contributed by atoms with Gasteiger partial charge < -0.3 is 9.15 Å². The van der Waals surface area contributed by atoms with Gasteiger partial charge in [-0.05, 0) is 29.0 Å². The van der Waals surface area contributed by atoms with E-state index in [1.54, 1.807) is 0 Å². The molecule has 3 rings (SSSR count). The zero-order valence-corrected chi connectivity index (χ0v) is 13.2. The van der Waals surface area contributed by atoms with Gasteiger partial charge in [0.05, 0.1) is 25.8 Å². The van der Waals surface area contributed by atoms with Crippen LogP contribution in [-0.4, -0.2) is 44.9 Å². The molecule has 3 heterocycles. The number of rotatable bonds is 6. The Labute approximate surface area is 130 Å². The van der Waals surface area contributed by atoms with Crippen LogP contribution in [0.4, 0.5) is 0 Å². The van der Waals surface area contributed by atoms with Crippen LogP contribution in [0.1, 0.15) is 43.7 Å². The lowest BCUT2D eigenvalue weighted by molar-refractivity contribution is -0.0222. The molecular formula is C15H23N5O2. The number of morpholine rings is 1. The Morgan fingerprint density at radius 2 is 2.23 bits per heavy atom. The minimum absolute atomic E-state index is 0.126. The summed E-state index contributed by atoms with van der Waals surface area (Å²) >= 11 is 0. The standard InChI is InChI=1S/C15H23N5O2/c1-3-7-20-15(16-17-18-20)10-19-8-9-21-11-13(19)14-6-5-12(4-2)22-14/h5-6,13H,3-4,7-11H2,1-2H3. The summed E-state index contributed by atoms with van der Waals surface area (Å²) in [6.45, 7) is 8.00. The number of aryl methyl sites for hydroxylation is 2. The number of hydrogen-bond donors (Lipinski definition) is 0. The largest absolute Gasteiger partial charge is 0.464 e. The molecule has 0 saturated carbocycles. The Morgan fingerprint density at radius 3 is 3.00 bits per heavy atom. The van der Waals surface area contributed by atoms with Crippen LogP contribution in [0.2, 0.25) is 0 Å². The Balaban J connectivity index is 1.76. The van der Waals surface area contributed by atoms with Crippen molar-refractivity contribution in [2.75, 3.05) is 19.8 Å². The first-order valence-corrected chi connectivity index (χ1v) is 7.97. The van der Waals surface area contributed by atoms with Gasteiger partial charge in [-0.1, -0.05) is 13.8 Å². The lowest BCUT2D eigenvalue weighted by Gasteiger charge is -2.33. The zero-order valence-electron chi connectivity index (χ0n) is 13.2. The third-order valence-corrected chi connectivity index (χ3v) is 3.98. The summed E-state index contributed by atoms with van der Waals surface area (Å²) in [4.78, 5) is 2.33. The molecule has 1 aliphatic heterocycles. The molecule has 2 aromatic heterocycles. The van der Waals surface area contributed by atoms with Crippen molar-refractivity contribution in [2.45, 2.75) is 45.8 Å². The van der Waals surface area contributed by atoms with Gasteiger partial charge in [-0.3, -0.25) is 4.90 Å². The van der Waals surface area contributed by atoms with E-state index in [4.69, 9.17) is 9.15 Å². The monoisotopic (exact) mass is 305 g/mol. The number of furan rings is 1. The van der Waals surface area contributed by atoms with E-state index in [0.717, 1.165) is 49.9 Å². The molecule has 0 N–H and O–H groups in total. The Bertz CT molecular complexity index is 594. The van der Waals surface area contributed by atoms with E-state index >= 15 is 0 Å². The molecule has 0 radical (unpaired) electrons. The van der Waals surface area contributed by atoms with E-state index in [2.05, 4.69) is 40.3 Å². The van der Waals surface area contributed by atoms with E-state index < -0.39 is 0 Å². The van der Waals surface area contributed by atoms with Crippen LogP contribution in [0, 0.1) is 0 Å². The van der Waals surface area contributed by atoms with Gasteiger partial charge in [0.2, 0.25) is 0 Å². The van der Waals surface area contributed by atoms with E-state index in [0.29, 0.717) is 13.2 Å². The van der Waals surface area contributed by atoms with Gasteiger partial charge in [0.15, 0.2) is 5.82 Å². The molecule has 2 aromatic rings. The number of tetrazole rings is 1. The SMILES string of the molecule is CCCn1nnnc1CN1CCOCC1c1ccc(CC)o1. The average Bonchev–Trinajstić information content (AvgIpc) is 3.18. The summed E-state index contributed by atoms with van der Waals surface area (Å²) in [5.74, 6) is 2.87. The van der Waals surface area contributed by atoms with Gasteiger partial charge in [-0.25, -0.2) is 4.68 Å². The molecule has 1 atom stereocenters. The normalized spacial score (nSPS) is 19.6. The topological polar surface area (TPSA) is 69.2 Å². The van der Waals surface area contributed by atoms with Crippen LogP contribution < -0.4 is 0 Å². The average molecular weight is 305 g/mol. The summed E-state index contributed by atoms with van der Waals surface area (Å²) in [6.07, 6.45) is 1.92. The molecular weight excluding hydrogens is 282 g/mol. The van der Waals surface area contributed by atoms with Crippen molar-refractivity contribution in [3.8, 4) is 0 Å². The summed E-state index contributed by atoms with van der Waals surface area (Å²) in [5.41, 5.74) is 0. The van der Waals surface area contributed by atoms with Gasteiger partial charge in [-0.15, -0.1) is 5.10 Å². The summed E-state index contributed by atoms with van der Waals surface area (Å²) in [5, 5.41) is 12.0. The highest BCUT2D eigenvalue weighted by Crippen LogP contribution is 2.27. The van der Waals surface area contributed by atoms with Crippen molar-refractivity contribution in [3.05, 3.63) is 29.5 Å². The van der Waals surface area contributed by atoms with Crippen LogP contribution in [0.5, 0.6) is 0 Å². The molecule has 0 spiro atoms. The van der Waals surface area contributed by atoms with E-state index in [-0.39, 0.29) is 6.04 Å². The molecule has 1 aliphatic rings. The fourth-order valence-corrected chi connectivity index (χ4v) is 2.76. The molecule has 120 valence electrons. The van der Waals surface area contributed by atoms with Gasteiger partial charge in [0, 0.05) is 19.5 Å². The lowest BCUT2D eigenvalue weighted by Crippen LogP contribution is -2.39. The van der Waals surface area contributed by atoms with E-state index in [1.165, 1.54) is 0 Å². The fraction of sp³-hybridized carbons (Fsp3) is 0.667. The lowest BCUT2D eigenvalue weighted by atomic mass is 10.1. The van der Waals surface area contributed by atoms with Crippen molar-refractivity contribution in [1.82, 2.24) is 25.1 Å². The second-order valence-corrected chi connectivity index (χ2v) is 5.54. The molecule has 0 aliphatic carbocycles. The third-order valence-electron chi connectivity index (χ3n) is 3.98. The van der Waals surface area contributed by atoms with Crippen LogP contribution >= 0.6 is 0 Å². The first-order chi connectivity index (χ1) is 10.8. The van der Waals surface area contributed by atoms with Crippen LogP contribution in [0.3, 0.4) is 0 Å². The van der Waals surface area contributed by atoms with Crippen LogP contribution in [0.15, 0.2) is 16.5 Å². The predicted molar refractivity (Wildman–Crippen MR) is 80.2 cm³/mol. The van der Waals surface area contributed by atoms with Crippen molar-refractivity contribution in [2.24, 2.45) is 0 Å². The maximum atomic E-state index is 5.92. The van der Waals surface area contributed by atoms with Crippen LogP contribution in [-0.2, 0) is 24.2 Å². The first kappa shape index (κ1) is 15.2. The molecule has 1 unspecified atom stereocenters. The molecule has 7 nitrogen and oxygen atoms in total. The molecule has 7 heteroatoms. The van der Waals surface area contributed by atoms with E-state index in [1.807, 2.05) is 10.7 Å². The highest BCUT2D eigenvalue weighted by Gasteiger charge is 2.28. The Hall–Kier alpha value is -1.73. The van der Waals surface area contributed by atoms with Crippen molar-refractivity contribution >= 4 is 0 Å². The summed E-state index contributed by atoms with van der Waals surface area (Å²) in [6, 6.07) is 4.23. The quantitative estimate of drug-likeness (QED) is 0.811. The summed E-state index contributed by atoms with van der Waals surface area (Å²) < 4.78 is 13.4. The predicted octanol–water partition coefficient (Wildman–Crippen LogP) is 1.81. The van der Waals surface area contributed by atoms with Gasteiger partial charge >= 0.3 is 0 Å². The molecule has 0 bridgehead atoms. The maximum absolute atomic E-state index is 5.92. The molecule has 22 heavy (non-hydrogen) atoms. The fourth-order valence-electron chi connectivity index (χ4n) is 2.76. The number of ether oxygens (including phenoxy) is 1. The minimum atomic E-state index is 0.126. The molecule has 0 aromatic carbocycles. The third kappa shape index (κ3) is 3.20. The number of aromatic nitrogens is 4. The number of hydrogen-bond acceptors (Lipinski definition) is 6. The summed E-state index contributed by atoms with van der Waals surface area (Å²) in [7, 11) is 0. The molecule has 1 fully saturated rings. The van der Waals surface area contributed by atoms with Crippen LogP contribution in [0.25, 0.3) is 0 Å².